The highest BCUT2D eigenvalue weighted by molar-refractivity contribution is 7.91. The monoisotopic (exact) mass is 415 g/mol. The number of nitrogens with zero attached hydrogens (tertiary/aromatic N) is 1. The van der Waals surface area contributed by atoms with Crippen molar-refractivity contribution in [1.82, 2.24) is 0 Å². The molecule has 0 radical (unpaired) electrons. The zero-order valence-electron chi connectivity index (χ0n) is 13.7. The lowest BCUT2D eigenvalue weighted by Gasteiger charge is -2.30. The van der Waals surface area contributed by atoms with Gasteiger partial charge in [-0.3, -0.25) is 4.79 Å². The number of aromatic hydroxyl groups is 1. The Labute approximate surface area is 160 Å². The first-order valence-electron chi connectivity index (χ1n) is 7.74. The van der Waals surface area contributed by atoms with E-state index in [-0.39, 0.29) is 45.2 Å². The Bertz CT molecular complexity index is 968. The van der Waals surface area contributed by atoms with Gasteiger partial charge in [0.25, 0.3) is 5.91 Å². The number of amides is 1. The van der Waals surface area contributed by atoms with Crippen LogP contribution in [0.15, 0.2) is 35.2 Å². The zero-order chi connectivity index (χ0) is 19.1. The standard InChI is InChI=1S/C17H15Cl2NO5S/c1-2-26(23,24)11-3-4-15-14(9-11)20(5-6-25-15)17(22)10-7-12(18)16(21)13(19)8-10/h3-4,7-9,21H,2,5-6H2,1H3. The molecule has 6 nitrogen and oxygen atoms in total. The molecule has 0 spiro atoms. The Kier molecular flexibility index (Phi) is 5.05. The fraction of sp³-hybridized carbons (Fsp3) is 0.235. The Hall–Kier alpha value is -1.96. The first-order valence-corrected chi connectivity index (χ1v) is 10.1. The Balaban J connectivity index is 2.06. The number of phenols is 1. The number of hydrogen-bond acceptors (Lipinski definition) is 5. The third-order valence-corrected chi connectivity index (χ3v) is 6.35. The Morgan fingerprint density at radius 2 is 1.88 bits per heavy atom. The lowest BCUT2D eigenvalue weighted by molar-refractivity contribution is 0.0976. The van der Waals surface area contributed by atoms with E-state index in [0.29, 0.717) is 11.4 Å². The van der Waals surface area contributed by atoms with Crippen molar-refractivity contribution in [1.29, 1.82) is 0 Å². The van der Waals surface area contributed by atoms with E-state index in [0.717, 1.165) is 0 Å². The van der Waals surface area contributed by atoms with Crippen LogP contribution in [-0.4, -0.2) is 38.3 Å². The predicted octanol–water partition coefficient (Wildman–Crippen LogP) is 3.53. The number of rotatable bonds is 3. The minimum absolute atomic E-state index is 0.0448. The smallest absolute Gasteiger partial charge is 0.258 e. The van der Waals surface area contributed by atoms with Gasteiger partial charge in [0.1, 0.15) is 12.4 Å². The van der Waals surface area contributed by atoms with Crippen molar-refractivity contribution in [3.05, 3.63) is 45.9 Å². The molecule has 26 heavy (non-hydrogen) atoms. The van der Waals surface area contributed by atoms with Gasteiger partial charge in [-0.15, -0.1) is 0 Å². The molecule has 0 fully saturated rings. The van der Waals surface area contributed by atoms with Crippen LogP contribution in [0.2, 0.25) is 10.0 Å². The Morgan fingerprint density at radius 1 is 1.23 bits per heavy atom. The number of halogens is 2. The number of phenolic OH excluding ortho intramolecular Hbond substituents is 1. The normalized spacial score (nSPS) is 13.9. The third-order valence-electron chi connectivity index (χ3n) is 4.04. The molecule has 0 bridgehead atoms. The van der Waals surface area contributed by atoms with Gasteiger partial charge in [-0.25, -0.2) is 8.42 Å². The SMILES string of the molecule is CCS(=O)(=O)c1ccc2c(c1)N(C(=O)c1cc(Cl)c(O)c(Cl)c1)CCO2. The molecule has 2 aromatic carbocycles. The summed E-state index contributed by atoms with van der Waals surface area (Å²) >= 11 is 11.8. The molecule has 0 unspecified atom stereocenters. The minimum atomic E-state index is -3.43. The highest BCUT2D eigenvalue weighted by atomic mass is 35.5. The van der Waals surface area contributed by atoms with Gasteiger partial charge in [0.2, 0.25) is 0 Å². The van der Waals surface area contributed by atoms with E-state index in [1.165, 1.54) is 35.2 Å². The highest BCUT2D eigenvalue weighted by Crippen LogP contribution is 2.37. The van der Waals surface area contributed by atoms with Crippen molar-refractivity contribution < 1.29 is 23.1 Å². The number of carbonyl (C=O) groups excluding carboxylic acids is 1. The van der Waals surface area contributed by atoms with Crippen LogP contribution in [0.4, 0.5) is 5.69 Å². The third kappa shape index (κ3) is 3.34. The average molecular weight is 416 g/mol. The van der Waals surface area contributed by atoms with Crippen LogP contribution in [0, 0.1) is 0 Å². The quantitative estimate of drug-likeness (QED) is 0.828. The molecule has 0 aromatic heterocycles. The van der Waals surface area contributed by atoms with Crippen molar-refractivity contribution in [2.45, 2.75) is 11.8 Å². The summed E-state index contributed by atoms with van der Waals surface area (Å²) < 4.78 is 29.8. The molecule has 0 saturated carbocycles. The maximum Gasteiger partial charge on any atom is 0.258 e. The fourth-order valence-electron chi connectivity index (χ4n) is 2.61. The lowest BCUT2D eigenvalue weighted by atomic mass is 10.1. The molecular formula is C17H15Cl2NO5S. The molecule has 9 heteroatoms. The average Bonchev–Trinajstić information content (AvgIpc) is 2.64. The van der Waals surface area contributed by atoms with E-state index in [2.05, 4.69) is 0 Å². The predicted molar refractivity (Wildman–Crippen MR) is 99.5 cm³/mol. The molecule has 0 saturated heterocycles. The van der Waals surface area contributed by atoms with E-state index >= 15 is 0 Å². The van der Waals surface area contributed by atoms with Gasteiger partial charge in [0.05, 0.1) is 32.9 Å². The molecule has 1 aliphatic rings. The summed E-state index contributed by atoms with van der Waals surface area (Å²) in [6, 6.07) is 7.04. The number of hydrogen-bond donors (Lipinski definition) is 1. The first-order chi connectivity index (χ1) is 12.2. The summed E-state index contributed by atoms with van der Waals surface area (Å²) in [5.41, 5.74) is 0.533. The summed E-state index contributed by atoms with van der Waals surface area (Å²) in [4.78, 5) is 14.5. The maximum absolute atomic E-state index is 12.9. The van der Waals surface area contributed by atoms with E-state index < -0.39 is 15.7 Å². The van der Waals surface area contributed by atoms with Gasteiger partial charge in [-0.05, 0) is 30.3 Å². The molecular weight excluding hydrogens is 401 g/mol. The minimum Gasteiger partial charge on any atom is -0.505 e. The van der Waals surface area contributed by atoms with Crippen LogP contribution in [0.25, 0.3) is 0 Å². The van der Waals surface area contributed by atoms with Crippen LogP contribution in [-0.2, 0) is 9.84 Å². The van der Waals surface area contributed by atoms with E-state index in [9.17, 15) is 18.3 Å². The van der Waals surface area contributed by atoms with Gasteiger partial charge >= 0.3 is 0 Å². The molecule has 138 valence electrons. The van der Waals surface area contributed by atoms with Crippen LogP contribution < -0.4 is 9.64 Å². The van der Waals surface area contributed by atoms with E-state index in [4.69, 9.17) is 27.9 Å². The zero-order valence-corrected chi connectivity index (χ0v) is 16.0. The number of carbonyl (C=O) groups is 1. The number of fused-ring (bicyclic) bond motifs is 1. The summed E-state index contributed by atoms with van der Waals surface area (Å²) in [7, 11) is -3.43. The second kappa shape index (κ2) is 6.98. The van der Waals surface area contributed by atoms with Crippen LogP contribution in [0.1, 0.15) is 17.3 Å². The van der Waals surface area contributed by atoms with Gasteiger partial charge < -0.3 is 14.7 Å². The number of benzene rings is 2. The molecule has 1 amide bonds. The van der Waals surface area contributed by atoms with Crippen molar-refractivity contribution in [3.63, 3.8) is 0 Å². The maximum atomic E-state index is 12.9. The fourth-order valence-corrected chi connectivity index (χ4v) is 4.00. The van der Waals surface area contributed by atoms with Crippen LogP contribution >= 0.6 is 23.2 Å². The molecule has 0 aliphatic carbocycles. The second-order valence-corrected chi connectivity index (χ2v) is 8.72. The number of sulfone groups is 1. The highest BCUT2D eigenvalue weighted by Gasteiger charge is 2.27. The van der Waals surface area contributed by atoms with Gasteiger partial charge in [-0.2, -0.15) is 0 Å². The van der Waals surface area contributed by atoms with Crippen molar-refractivity contribution in [2.24, 2.45) is 0 Å². The first kappa shape index (κ1) is 18.8. The molecule has 3 rings (SSSR count). The molecule has 1 N–H and O–H groups in total. The molecule has 1 heterocycles. The topological polar surface area (TPSA) is 83.9 Å². The van der Waals surface area contributed by atoms with Gasteiger partial charge in [0, 0.05) is 5.56 Å². The molecule has 2 aromatic rings. The van der Waals surface area contributed by atoms with Crippen molar-refractivity contribution >= 4 is 44.6 Å². The molecule has 1 aliphatic heterocycles. The number of anilines is 1. The van der Waals surface area contributed by atoms with Crippen molar-refractivity contribution in [3.8, 4) is 11.5 Å². The summed E-state index contributed by atoms with van der Waals surface area (Å²) in [5.74, 6) is -0.368. The van der Waals surface area contributed by atoms with Gasteiger partial charge in [-0.1, -0.05) is 30.1 Å². The van der Waals surface area contributed by atoms with Gasteiger partial charge in [0.15, 0.2) is 15.6 Å². The van der Waals surface area contributed by atoms with Crippen LogP contribution in [0.5, 0.6) is 11.5 Å². The van der Waals surface area contributed by atoms with E-state index in [1.54, 1.807) is 6.92 Å². The molecule has 0 atom stereocenters. The Morgan fingerprint density at radius 3 is 2.50 bits per heavy atom. The summed E-state index contributed by atoms with van der Waals surface area (Å²) in [6.07, 6.45) is 0. The summed E-state index contributed by atoms with van der Waals surface area (Å²) in [6.45, 7) is 2.05. The van der Waals surface area contributed by atoms with Crippen molar-refractivity contribution in [2.75, 3.05) is 23.8 Å². The number of ether oxygens (including phenoxy) is 1. The largest absolute Gasteiger partial charge is 0.505 e. The second-order valence-electron chi connectivity index (χ2n) is 5.63. The lowest BCUT2D eigenvalue weighted by Crippen LogP contribution is -2.38. The summed E-state index contributed by atoms with van der Waals surface area (Å²) in [5, 5.41) is 9.57. The van der Waals surface area contributed by atoms with E-state index in [1.807, 2.05) is 0 Å². The van der Waals surface area contributed by atoms with Crippen LogP contribution in [0.3, 0.4) is 0 Å².